The van der Waals surface area contributed by atoms with E-state index in [2.05, 4.69) is 11.9 Å². The number of hydrogen-bond donors (Lipinski definition) is 1. The third-order valence-corrected chi connectivity index (χ3v) is 1.72. The first kappa shape index (κ1) is 6.71. The maximum atomic E-state index is 8.95. The Balaban J connectivity index is 2.85. The van der Waals surface area contributed by atoms with Crippen LogP contribution < -0.4 is 0 Å². The third kappa shape index (κ3) is 1.50. The van der Waals surface area contributed by atoms with Gasteiger partial charge in [0.15, 0.2) is 0 Å². The van der Waals surface area contributed by atoms with E-state index in [9.17, 15) is 0 Å². The van der Waals surface area contributed by atoms with Crippen molar-refractivity contribution in [2.45, 2.75) is 13.0 Å². The molecule has 0 bridgehead atoms. The van der Waals surface area contributed by atoms with Crippen LogP contribution in [0.5, 0.6) is 0 Å². The summed E-state index contributed by atoms with van der Waals surface area (Å²) in [5.74, 6) is 0. The lowest BCUT2D eigenvalue weighted by Crippen LogP contribution is -1.89. The van der Waals surface area contributed by atoms with Crippen LogP contribution in [0.3, 0.4) is 0 Å². The average molecular weight is 142 g/mol. The van der Waals surface area contributed by atoms with Crippen molar-refractivity contribution < 1.29 is 5.11 Å². The van der Waals surface area contributed by atoms with Gasteiger partial charge < -0.3 is 5.11 Å². The van der Waals surface area contributed by atoms with E-state index in [1.165, 1.54) is 11.3 Å². The molecule has 1 unspecified atom stereocenters. The maximum absolute atomic E-state index is 8.95. The van der Waals surface area contributed by atoms with Crippen LogP contribution in [0.15, 0.2) is 5.38 Å². The first-order valence-corrected chi connectivity index (χ1v) is 3.53. The quantitative estimate of drug-likeness (QED) is 0.642. The lowest BCUT2D eigenvalue weighted by Gasteiger charge is -1.94. The lowest BCUT2D eigenvalue weighted by atomic mass is 10.3. The Morgan fingerprint density at radius 3 is 2.78 bits per heavy atom. The van der Waals surface area contributed by atoms with Crippen LogP contribution in [0, 0.1) is 6.92 Å². The fourth-order valence-electron chi connectivity index (χ4n) is 0.517. The lowest BCUT2D eigenvalue weighted by molar-refractivity contribution is 0.195. The van der Waals surface area contributed by atoms with Gasteiger partial charge in [0.2, 0.25) is 0 Å². The number of rotatable bonds is 1. The number of aliphatic hydroxyl groups is 1. The Morgan fingerprint density at radius 1 is 1.89 bits per heavy atom. The molecule has 1 radical (unpaired) electrons. The summed E-state index contributed by atoms with van der Waals surface area (Å²) in [6.45, 7) is 5.31. The first-order chi connectivity index (χ1) is 4.20. The predicted molar refractivity (Wildman–Crippen MR) is 37.2 cm³/mol. The Labute approximate surface area is 58.2 Å². The molecule has 1 aromatic heterocycles. The third-order valence-electron chi connectivity index (χ3n) is 0.998. The monoisotopic (exact) mass is 142 g/mol. The van der Waals surface area contributed by atoms with E-state index >= 15 is 0 Å². The summed E-state index contributed by atoms with van der Waals surface area (Å²) in [5, 5.41) is 11.5. The van der Waals surface area contributed by atoms with E-state index in [1.54, 1.807) is 6.92 Å². The standard InChI is InChI=1S/C6H8NOS/c1-4(8)6-3-9-5(2)7-6/h3-4,8H,2H2,1H3. The van der Waals surface area contributed by atoms with Gasteiger partial charge in [-0.3, -0.25) is 0 Å². The van der Waals surface area contributed by atoms with Gasteiger partial charge in [0.25, 0.3) is 0 Å². The van der Waals surface area contributed by atoms with Gasteiger partial charge in [0, 0.05) is 12.3 Å². The smallest absolute Gasteiger partial charge is 0.0940 e. The summed E-state index contributed by atoms with van der Waals surface area (Å²) in [7, 11) is 0. The van der Waals surface area contributed by atoms with E-state index in [-0.39, 0.29) is 0 Å². The molecule has 0 aromatic carbocycles. The van der Waals surface area contributed by atoms with Crippen molar-refractivity contribution >= 4 is 11.3 Å². The molecule has 0 aliphatic carbocycles. The number of hydrogen-bond acceptors (Lipinski definition) is 3. The van der Waals surface area contributed by atoms with Crippen LogP contribution in [0.25, 0.3) is 0 Å². The van der Waals surface area contributed by atoms with Crippen LogP contribution >= 0.6 is 11.3 Å². The molecule has 0 fully saturated rings. The van der Waals surface area contributed by atoms with Crippen molar-refractivity contribution in [2.24, 2.45) is 0 Å². The van der Waals surface area contributed by atoms with Crippen LogP contribution in [-0.4, -0.2) is 10.1 Å². The second-order valence-electron chi connectivity index (χ2n) is 1.84. The molecule has 1 rings (SSSR count). The van der Waals surface area contributed by atoms with Gasteiger partial charge in [-0.25, -0.2) is 4.98 Å². The molecule has 0 spiro atoms. The molecule has 0 saturated heterocycles. The molecule has 1 N–H and O–H groups in total. The largest absolute Gasteiger partial charge is 0.387 e. The molecular weight excluding hydrogens is 134 g/mol. The maximum Gasteiger partial charge on any atom is 0.0940 e. The van der Waals surface area contributed by atoms with Crippen molar-refractivity contribution in [3.8, 4) is 0 Å². The molecule has 1 aromatic rings. The van der Waals surface area contributed by atoms with Crippen molar-refractivity contribution in [1.29, 1.82) is 0 Å². The van der Waals surface area contributed by atoms with E-state index in [1.807, 2.05) is 5.38 Å². The van der Waals surface area contributed by atoms with Crippen LogP contribution in [0.4, 0.5) is 0 Å². The van der Waals surface area contributed by atoms with E-state index in [0.717, 1.165) is 5.01 Å². The Kier molecular flexibility index (Phi) is 1.83. The Hall–Kier alpha value is -0.410. The van der Waals surface area contributed by atoms with E-state index in [4.69, 9.17) is 5.11 Å². The van der Waals surface area contributed by atoms with Crippen molar-refractivity contribution in [1.82, 2.24) is 4.98 Å². The van der Waals surface area contributed by atoms with Crippen LogP contribution in [0.2, 0.25) is 0 Å². The molecule has 49 valence electrons. The summed E-state index contributed by atoms with van der Waals surface area (Å²) in [4.78, 5) is 3.97. The molecule has 2 nitrogen and oxygen atoms in total. The minimum atomic E-state index is -0.461. The zero-order valence-electron chi connectivity index (χ0n) is 5.16. The fourth-order valence-corrected chi connectivity index (χ4v) is 1.18. The normalized spacial score (nSPS) is 13.7. The van der Waals surface area contributed by atoms with Gasteiger partial charge in [0.1, 0.15) is 0 Å². The van der Waals surface area contributed by atoms with Gasteiger partial charge in [-0.05, 0) is 6.92 Å². The molecule has 0 aliphatic rings. The highest BCUT2D eigenvalue weighted by molar-refractivity contribution is 7.09. The van der Waals surface area contributed by atoms with Gasteiger partial charge in [-0.2, -0.15) is 0 Å². The highest BCUT2D eigenvalue weighted by Gasteiger charge is 2.02. The van der Waals surface area contributed by atoms with Gasteiger partial charge in [0.05, 0.1) is 16.8 Å². The molecule has 1 heterocycles. The summed E-state index contributed by atoms with van der Waals surface area (Å²) in [5.41, 5.74) is 0.713. The molecule has 3 heteroatoms. The predicted octanol–water partition coefficient (Wildman–Crippen LogP) is 1.38. The van der Waals surface area contributed by atoms with Crippen molar-refractivity contribution in [3.63, 3.8) is 0 Å². The minimum Gasteiger partial charge on any atom is -0.387 e. The molecular formula is C6H8NOS. The summed E-state index contributed by atoms with van der Waals surface area (Å²) >= 11 is 1.45. The van der Waals surface area contributed by atoms with Gasteiger partial charge in [-0.1, -0.05) is 0 Å². The number of aliphatic hydroxyl groups excluding tert-OH is 1. The molecule has 0 saturated carbocycles. The minimum absolute atomic E-state index is 0.461. The van der Waals surface area contributed by atoms with Crippen molar-refractivity contribution in [2.75, 3.05) is 0 Å². The molecule has 0 amide bonds. The second kappa shape index (κ2) is 2.45. The van der Waals surface area contributed by atoms with E-state index < -0.39 is 6.10 Å². The van der Waals surface area contributed by atoms with Gasteiger partial charge in [-0.15, -0.1) is 11.3 Å². The number of aromatic nitrogens is 1. The zero-order chi connectivity index (χ0) is 6.85. The molecule has 9 heavy (non-hydrogen) atoms. The number of nitrogens with zero attached hydrogens (tertiary/aromatic N) is 1. The SMILES string of the molecule is [CH2]c1nc(C(C)O)cs1. The fraction of sp³-hybridized carbons (Fsp3) is 0.333. The average Bonchev–Trinajstić information content (AvgIpc) is 2.14. The zero-order valence-corrected chi connectivity index (χ0v) is 5.98. The number of thiazole rings is 1. The van der Waals surface area contributed by atoms with Crippen molar-refractivity contribution in [3.05, 3.63) is 23.0 Å². The molecule has 0 aliphatic heterocycles. The topological polar surface area (TPSA) is 33.1 Å². The highest BCUT2D eigenvalue weighted by Crippen LogP contribution is 2.14. The Morgan fingerprint density at radius 2 is 2.56 bits per heavy atom. The highest BCUT2D eigenvalue weighted by atomic mass is 32.1. The Bertz CT molecular complexity index is 195. The van der Waals surface area contributed by atoms with Crippen LogP contribution in [0.1, 0.15) is 23.7 Å². The second-order valence-corrected chi connectivity index (χ2v) is 2.78. The van der Waals surface area contributed by atoms with Gasteiger partial charge >= 0.3 is 0 Å². The summed E-state index contributed by atoms with van der Waals surface area (Å²) < 4.78 is 0. The van der Waals surface area contributed by atoms with E-state index in [0.29, 0.717) is 5.69 Å². The summed E-state index contributed by atoms with van der Waals surface area (Å²) in [6.07, 6.45) is -0.461. The van der Waals surface area contributed by atoms with Crippen LogP contribution in [-0.2, 0) is 0 Å². The molecule has 1 atom stereocenters. The summed E-state index contributed by atoms with van der Waals surface area (Å²) in [6, 6.07) is 0. The first-order valence-electron chi connectivity index (χ1n) is 2.65.